The number of sulfonamides is 1. The van der Waals surface area contributed by atoms with Crippen molar-refractivity contribution >= 4 is 27.4 Å². The number of hydrogen-bond donors (Lipinski definition) is 2. The fourth-order valence-corrected chi connectivity index (χ4v) is 4.46. The van der Waals surface area contributed by atoms with Gasteiger partial charge in [-0.1, -0.05) is 56.3 Å². The highest BCUT2D eigenvalue weighted by molar-refractivity contribution is 7.89. The summed E-state index contributed by atoms with van der Waals surface area (Å²) in [5.74, 6) is 0. The second-order valence-corrected chi connectivity index (χ2v) is 8.54. The molecule has 0 fully saturated rings. The highest BCUT2D eigenvalue weighted by Crippen LogP contribution is 2.19. The number of nitrogens with one attached hydrogen (secondary N) is 2. The molecule has 0 unspecified atom stereocenters. The van der Waals surface area contributed by atoms with Crippen molar-refractivity contribution in [1.29, 1.82) is 0 Å². The first-order chi connectivity index (χ1) is 12.9. The van der Waals surface area contributed by atoms with Gasteiger partial charge in [0.15, 0.2) is 5.11 Å². The van der Waals surface area contributed by atoms with Crippen molar-refractivity contribution in [3.05, 3.63) is 65.7 Å². The van der Waals surface area contributed by atoms with Crippen molar-refractivity contribution in [1.82, 2.24) is 14.9 Å². The second kappa shape index (κ2) is 9.82. The molecule has 0 heterocycles. The van der Waals surface area contributed by atoms with Crippen LogP contribution in [0.3, 0.4) is 0 Å². The average molecular weight is 406 g/mol. The Morgan fingerprint density at radius 2 is 1.63 bits per heavy atom. The lowest BCUT2D eigenvalue weighted by molar-refractivity contribution is 0.445. The van der Waals surface area contributed by atoms with Gasteiger partial charge in [0.2, 0.25) is 10.0 Å². The van der Waals surface area contributed by atoms with E-state index in [-0.39, 0.29) is 6.04 Å². The predicted octanol–water partition coefficient (Wildman–Crippen LogP) is 3.44. The van der Waals surface area contributed by atoms with Gasteiger partial charge < -0.3 is 10.6 Å². The minimum Gasteiger partial charge on any atom is -0.359 e. The fraction of sp³-hybridized carbons (Fsp3) is 0.350. The van der Waals surface area contributed by atoms with E-state index in [1.54, 1.807) is 12.1 Å². The Kier molecular flexibility index (Phi) is 7.77. The predicted molar refractivity (Wildman–Crippen MR) is 114 cm³/mol. The highest BCUT2D eigenvalue weighted by Gasteiger charge is 2.21. The molecule has 0 saturated heterocycles. The Balaban J connectivity index is 1.97. The van der Waals surface area contributed by atoms with Crippen molar-refractivity contribution in [2.45, 2.75) is 38.3 Å². The first-order valence-corrected chi connectivity index (χ1v) is 10.9. The molecule has 2 N–H and O–H groups in total. The molecule has 27 heavy (non-hydrogen) atoms. The maximum Gasteiger partial charge on any atom is 0.243 e. The number of hydrogen-bond acceptors (Lipinski definition) is 3. The third-order valence-corrected chi connectivity index (χ3v) is 6.69. The van der Waals surface area contributed by atoms with Gasteiger partial charge in [0.1, 0.15) is 0 Å². The molecule has 0 aliphatic carbocycles. The van der Waals surface area contributed by atoms with Crippen LogP contribution in [0.5, 0.6) is 0 Å². The van der Waals surface area contributed by atoms with E-state index in [9.17, 15) is 8.42 Å². The van der Waals surface area contributed by atoms with Crippen LogP contribution >= 0.6 is 12.2 Å². The Morgan fingerprint density at radius 1 is 1.04 bits per heavy atom. The van der Waals surface area contributed by atoms with Crippen LogP contribution in [0.4, 0.5) is 0 Å². The summed E-state index contributed by atoms with van der Waals surface area (Å²) in [4.78, 5) is 0.312. The number of benzene rings is 2. The maximum absolute atomic E-state index is 12.6. The van der Waals surface area contributed by atoms with E-state index in [1.165, 1.54) is 4.31 Å². The lowest BCUT2D eigenvalue weighted by atomic mass is 10.1. The van der Waals surface area contributed by atoms with Crippen LogP contribution in [0.2, 0.25) is 0 Å². The molecule has 7 heteroatoms. The SMILES string of the molecule is CCN(CC)S(=O)(=O)c1ccc([C@@H](C)NC(=S)NCc2ccccc2)cc1. The first-order valence-electron chi connectivity index (χ1n) is 9.06. The maximum atomic E-state index is 12.6. The van der Waals surface area contributed by atoms with Crippen LogP contribution in [0, 0.1) is 0 Å². The van der Waals surface area contributed by atoms with Crippen LogP contribution in [-0.2, 0) is 16.6 Å². The molecule has 0 saturated carbocycles. The van der Waals surface area contributed by atoms with Crippen molar-refractivity contribution in [3.63, 3.8) is 0 Å². The first kappa shape index (κ1) is 21.3. The molecule has 0 aliphatic heterocycles. The van der Waals surface area contributed by atoms with E-state index in [4.69, 9.17) is 12.2 Å². The fourth-order valence-electron chi connectivity index (χ4n) is 2.75. The van der Waals surface area contributed by atoms with E-state index in [0.29, 0.717) is 29.6 Å². The lowest BCUT2D eigenvalue weighted by Crippen LogP contribution is -2.36. The zero-order valence-corrected chi connectivity index (χ0v) is 17.6. The summed E-state index contributed by atoms with van der Waals surface area (Å²) in [5.41, 5.74) is 2.12. The smallest absolute Gasteiger partial charge is 0.243 e. The molecule has 5 nitrogen and oxygen atoms in total. The van der Waals surface area contributed by atoms with Gasteiger partial charge in [-0.25, -0.2) is 8.42 Å². The van der Waals surface area contributed by atoms with E-state index >= 15 is 0 Å². The van der Waals surface area contributed by atoms with E-state index in [0.717, 1.165) is 11.1 Å². The Morgan fingerprint density at radius 3 is 2.19 bits per heavy atom. The molecule has 0 amide bonds. The summed E-state index contributed by atoms with van der Waals surface area (Å²) >= 11 is 5.36. The van der Waals surface area contributed by atoms with Crippen LogP contribution in [0.25, 0.3) is 0 Å². The van der Waals surface area contributed by atoms with Crippen LogP contribution in [0.15, 0.2) is 59.5 Å². The average Bonchev–Trinajstić information content (AvgIpc) is 2.68. The molecule has 0 aromatic heterocycles. The van der Waals surface area contributed by atoms with E-state index in [1.807, 2.05) is 63.2 Å². The Hall–Kier alpha value is -1.96. The summed E-state index contributed by atoms with van der Waals surface area (Å²) in [6.07, 6.45) is 0. The van der Waals surface area contributed by atoms with E-state index < -0.39 is 10.0 Å². The molecule has 2 aromatic rings. The van der Waals surface area contributed by atoms with Crippen molar-refractivity contribution in [3.8, 4) is 0 Å². The molecule has 2 rings (SSSR count). The van der Waals surface area contributed by atoms with Crippen molar-refractivity contribution in [2.24, 2.45) is 0 Å². The topological polar surface area (TPSA) is 61.4 Å². The van der Waals surface area contributed by atoms with E-state index in [2.05, 4.69) is 10.6 Å². The third kappa shape index (κ3) is 5.76. The van der Waals surface area contributed by atoms with Crippen LogP contribution in [0.1, 0.15) is 37.9 Å². The van der Waals surface area contributed by atoms with Crippen LogP contribution in [-0.4, -0.2) is 30.9 Å². The van der Waals surface area contributed by atoms with Gasteiger partial charge in [-0.2, -0.15) is 4.31 Å². The standard InChI is InChI=1S/C20H27N3O2S2/c1-4-23(5-2)27(24,25)19-13-11-18(12-14-19)16(3)22-20(26)21-15-17-9-7-6-8-10-17/h6-14,16H,4-5,15H2,1-3H3,(H2,21,22,26)/t16-/m1/s1. The lowest BCUT2D eigenvalue weighted by Gasteiger charge is -2.20. The quantitative estimate of drug-likeness (QED) is 0.659. The number of nitrogens with zero attached hydrogens (tertiary/aromatic N) is 1. The van der Waals surface area contributed by atoms with Gasteiger partial charge in [-0.15, -0.1) is 0 Å². The van der Waals surface area contributed by atoms with Gasteiger partial charge in [0.05, 0.1) is 10.9 Å². The zero-order chi connectivity index (χ0) is 19.9. The molecule has 2 aromatic carbocycles. The van der Waals surface area contributed by atoms with Gasteiger partial charge in [0.25, 0.3) is 0 Å². The van der Waals surface area contributed by atoms with Crippen molar-refractivity contribution in [2.75, 3.05) is 13.1 Å². The molecule has 146 valence electrons. The highest BCUT2D eigenvalue weighted by atomic mass is 32.2. The van der Waals surface area contributed by atoms with Crippen molar-refractivity contribution < 1.29 is 8.42 Å². The summed E-state index contributed by atoms with van der Waals surface area (Å²) < 4.78 is 26.6. The van der Waals surface area contributed by atoms with Gasteiger partial charge >= 0.3 is 0 Å². The molecular weight excluding hydrogens is 378 g/mol. The summed E-state index contributed by atoms with van der Waals surface area (Å²) in [5, 5.41) is 6.97. The van der Waals surface area contributed by atoms with Gasteiger partial charge in [-0.3, -0.25) is 0 Å². The Bertz CT molecular complexity index is 833. The van der Waals surface area contributed by atoms with Gasteiger partial charge in [0, 0.05) is 19.6 Å². The molecule has 0 aliphatic rings. The van der Waals surface area contributed by atoms with Gasteiger partial charge in [-0.05, 0) is 42.4 Å². The zero-order valence-electron chi connectivity index (χ0n) is 16.0. The minimum atomic E-state index is -3.43. The summed E-state index contributed by atoms with van der Waals surface area (Å²) in [6.45, 7) is 7.24. The molecular formula is C20H27N3O2S2. The minimum absolute atomic E-state index is 0.0361. The third-order valence-electron chi connectivity index (χ3n) is 4.37. The normalized spacial score (nSPS) is 12.6. The Labute approximate surface area is 167 Å². The number of rotatable bonds is 8. The number of thiocarbonyl (C=S) groups is 1. The molecule has 0 bridgehead atoms. The largest absolute Gasteiger partial charge is 0.359 e. The second-order valence-electron chi connectivity index (χ2n) is 6.19. The molecule has 0 spiro atoms. The molecule has 0 radical (unpaired) electrons. The van der Waals surface area contributed by atoms with Crippen LogP contribution < -0.4 is 10.6 Å². The summed E-state index contributed by atoms with van der Waals surface area (Å²) in [6, 6.07) is 17.0. The molecule has 1 atom stereocenters. The monoisotopic (exact) mass is 405 g/mol. The summed E-state index contributed by atoms with van der Waals surface area (Å²) in [7, 11) is -3.43.